The molecule has 3 heteroatoms. The highest BCUT2D eigenvalue weighted by atomic mass is 16.2. The van der Waals surface area contributed by atoms with Crippen molar-refractivity contribution in [3.05, 3.63) is 29.3 Å². The molecule has 1 aromatic rings. The molecule has 0 spiro atoms. The van der Waals surface area contributed by atoms with Gasteiger partial charge in [0.15, 0.2) is 0 Å². The number of benzene rings is 1. The second-order valence-corrected chi connectivity index (χ2v) is 4.13. The first-order valence-corrected chi connectivity index (χ1v) is 5.73. The van der Waals surface area contributed by atoms with E-state index in [-0.39, 0.29) is 12.5 Å². The number of amides is 1. The van der Waals surface area contributed by atoms with E-state index in [4.69, 9.17) is 5.11 Å². The van der Waals surface area contributed by atoms with Crippen LogP contribution in [0.2, 0.25) is 0 Å². The lowest BCUT2D eigenvalue weighted by atomic mass is 10.1. The maximum atomic E-state index is 11.7. The Bertz CT molecular complexity index is 497. The van der Waals surface area contributed by atoms with Crippen LogP contribution in [0, 0.1) is 18.8 Å². The van der Waals surface area contributed by atoms with Crippen molar-refractivity contribution in [2.45, 2.75) is 19.8 Å². The van der Waals surface area contributed by atoms with Crippen LogP contribution in [-0.4, -0.2) is 24.2 Å². The van der Waals surface area contributed by atoms with Gasteiger partial charge in [-0.3, -0.25) is 4.79 Å². The Morgan fingerprint density at radius 3 is 2.94 bits per heavy atom. The molecule has 0 unspecified atom stereocenters. The van der Waals surface area contributed by atoms with Crippen LogP contribution in [0.5, 0.6) is 0 Å². The van der Waals surface area contributed by atoms with Crippen molar-refractivity contribution in [2.75, 3.05) is 18.1 Å². The summed E-state index contributed by atoms with van der Waals surface area (Å²) in [6.07, 6.45) is 1.51. The highest BCUT2D eigenvalue weighted by Crippen LogP contribution is 2.25. The smallest absolute Gasteiger partial charge is 0.227 e. The minimum Gasteiger partial charge on any atom is -0.384 e. The van der Waals surface area contributed by atoms with Gasteiger partial charge in [0.1, 0.15) is 6.61 Å². The number of carbonyl (C=O) groups is 1. The van der Waals surface area contributed by atoms with E-state index < -0.39 is 0 Å². The second-order valence-electron chi connectivity index (χ2n) is 4.13. The molecule has 1 N–H and O–H groups in total. The lowest BCUT2D eigenvalue weighted by Gasteiger charge is -2.17. The van der Waals surface area contributed by atoms with Gasteiger partial charge >= 0.3 is 0 Å². The Balaban J connectivity index is 2.41. The zero-order valence-corrected chi connectivity index (χ0v) is 9.86. The summed E-state index contributed by atoms with van der Waals surface area (Å²) in [4.78, 5) is 13.5. The molecule has 0 aliphatic carbocycles. The van der Waals surface area contributed by atoms with E-state index >= 15 is 0 Å². The molecule has 1 saturated heterocycles. The minimum atomic E-state index is -0.165. The third kappa shape index (κ3) is 2.48. The predicted octanol–water partition coefficient (Wildman–Crippen LogP) is 1.47. The van der Waals surface area contributed by atoms with Crippen LogP contribution in [0.1, 0.15) is 24.0 Å². The average Bonchev–Trinajstić information content (AvgIpc) is 2.73. The molecule has 1 aliphatic rings. The molecule has 1 heterocycles. The van der Waals surface area contributed by atoms with Gasteiger partial charge in [-0.1, -0.05) is 17.9 Å². The first-order chi connectivity index (χ1) is 8.22. The molecule has 3 nitrogen and oxygen atoms in total. The quantitative estimate of drug-likeness (QED) is 0.741. The Kier molecular flexibility index (Phi) is 3.46. The van der Waals surface area contributed by atoms with Gasteiger partial charge < -0.3 is 10.0 Å². The minimum absolute atomic E-state index is 0.154. The monoisotopic (exact) mass is 229 g/mol. The average molecular weight is 229 g/mol. The van der Waals surface area contributed by atoms with Crippen molar-refractivity contribution in [2.24, 2.45) is 0 Å². The van der Waals surface area contributed by atoms with Gasteiger partial charge in [0.05, 0.1) is 5.69 Å². The van der Waals surface area contributed by atoms with Crippen LogP contribution >= 0.6 is 0 Å². The highest BCUT2D eigenvalue weighted by Gasteiger charge is 2.23. The molecule has 0 aromatic heterocycles. The van der Waals surface area contributed by atoms with Crippen LogP contribution in [-0.2, 0) is 4.79 Å². The zero-order valence-electron chi connectivity index (χ0n) is 9.86. The van der Waals surface area contributed by atoms with Crippen LogP contribution < -0.4 is 4.90 Å². The van der Waals surface area contributed by atoms with Crippen LogP contribution in [0.4, 0.5) is 5.69 Å². The molecule has 0 saturated carbocycles. The number of hydrogen-bond acceptors (Lipinski definition) is 2. The number of rotatable bonds is 1. The topological polar surface area (TPSA) is 40.5 Å². The first kappa shape index (κ1) is 11.7. The van der Waals surface area contributed by atoms with E-state index in [1.807, 2.05) is 25.1 Å². The maximum Gasteiger partial charge on any atom is 0.227 e. The highest BCUT2D eigenvalue weighted by molar-refractivity contribution is 5.96. The Morgan fingerprint density at radius 2 is 2.29 bits per heavy atom. The standard InChI is InChI=1S/C14H15NO2/c1-11-6-7-13(12(10-11)4-3-9-16)15-8-2-5-14(15)17/h6-7,10,16H,2,5,8-9H2,1H3. The van der Waals surface area contributed by atoms with Gasteiger partial charge in [0, 0.05) is 18.5 Å². The predicted molar refractivity (Wildman–Crippen MR) is 66.7 cm³/mol. The first-order valence-electron chi connectivity index (χ1n) is 5.73. The Morgan fingerprint density at radius 1 is 1.47 bits per heavy atom. The summed E-state index contributed by atoms with van der Waals surface area (Å²) >= 11 is 0. The molecule has 1 fully saturated rings. The summed E-state index contributed by atoms with van der Waals surface area (Å²) in [7, 11) is 0. The van der Waals surface area contributed by atoms with Crippen molar-refractivity contribution in [1.29, 1.82) is 0 Å². The number of aryl methyl sites for hydroxylation is 1. The summed E-state index contributed by atoms with van der Waals surface area (Å²) in [5.41, 5.74) is 2.77. The molecule has 0 bridgehead atoms. The van der Waals surface area contributed by atoms with Crippen molar-refractivity contribution in [3.8, 4) is 11.8 Å². The molecule has 0 radical (unpaired) electrons. The number of nitrogens with zero attached hydrogens (tertiary/aromatic N) is 1. The number of anilines is 1. The zero-order chi connectivity index (χ0) is 12.3. The molecule has 1 amide bonds. The normalized spacial score (nSPS) is 14.7. The number of carbonyl (C=O) groups excluding carboxylic acids is 1. The molecular formula is C14H15NO2. The van der Waals surface area contributed by atoms with Gasteiger partial charge in [-0.05, 0) is 31.0 Å². The summed E-state index contributed by atoms with van der Waals surface area (Å²) in [6.45, 7) is 2.58. The molecule has 1 aliphatic heterocycles. The molecule has 88 valence electrons. The fourth-order valence-corrected chi connectivity index (χ4v) is 2.02. The molecule has 17 heavy (non-hydrogen) atoms. The lowest BCUT2D eigenvalue weighted by molar-refractivity contribution is -0.117. The van der Waals surface area contributed by atoms with Crippen molar-refractivity contribution < 1.29 is 9.90 Å². The summed E-state index contributed by atoms with van der Waals surface area (Å²) in [5, 5.41) is 8.75. The van der Waals surface area contributed by atoms with E-state index in [1.165, 1.54) is 0 Å². The Hall–Kier alpha value is -1.79. The van der Waals surface area contributed by atoms with Crippen molar-refractivity contribution in [1.82, 2.24) is 0 Å². The molecule has 1 aromatic carbocycles. The SMILES string of the molecule is Cc1ccc(N2CCCC2=O)c(C#CCO)c1. The summed E-state index contributed by atoms with van der Waals surface area (Å²) in [6, 6.07) is 5.86. The van der Waals surface area contributed by atoms with E-state index in [9.17, 15) is 4.79 Å². The van der Waals surface area contributed by atoms with Gasteiger partial charge in [0.25, 0.3) is 0 Å². The number of hydrogen-bond donors (Lipinski definition) is 1. The Labute approximate surface area is 101 Å². The molecular weight excluding hydrogens is 214 g/mol. The van der Waals surface area contributed by atoms with Gasteiger partial charge in [-0.25, -0.2) is 0 Å². The largest absolute Gasteiger partial charge is 0.384 e. The van der Waals surface area contributed by atoms with E-state index in [1.54, 1.807) is 4.90 Å². The van der Waals surface area contributed by atoms with E-state index in [2.05, 4.69) is 11.8 Å². The van der Waals surface area contributed by atoms with Gasteiger partial charge in [0.2, 0.25) is 5.91 Å². The summed E-state index contributed by atoms with van der Waals surface area (Å²) in [5.74, 6) is 5.70. The lowest BCUT2D eigenvalue weighted by Crippen LogP contribution is -2.24. The van der Waals surface area contributed by atoms with Crippen LogP contribution in [0.15, 0.2) is 18.2 Å². The third-order valence-electron chi connectivity index (χ3n) is 2.82. The third-order valence-corrected chi connectivity index (χ3v) is 2.82. The van der Waals surface area contributed by atoms with Crippen LogP contribution in [0.3, 0.4) is 0 Å². The summed E-state index contributed by atoms with van der Waals surface area (Å²) < 4.78 is 0. The van der Waals surface area contributed by atoms with E-state index in [0.717, 1.165) is 29.8 Å². The number of aliphatic hydroxyl groups excluding tert-OH is 1. The van der Waals surface area contributed by atoms with Crippen molar-refractivity contribution >= 4 is 11.6 Å². The van der Waals surface area contributed by atoms with Crippen LogP contribution in [0.25, 0.3) is 0 Å². The maximum absolute atomic E-state index is 11.7. The fourth-order valence-electron chi connectivity index (χ4n) is 2.02. The van der Waals surface area contributed by atoms with Crippen molar-refractivity contribution in [3.63, 3.8) is 0 Å². The molecule has 2 rings (SSSR count). The van der Waals surface area contributed by atoms with Gasteiger partial charge in [-0.2, -0.15) is 0 Å². The van der Waals surface area contributed by atoms with E-state index in [0.29, 0.717) is 6.42 Å². The number of aliphatic hydroxyl groups is 1. The van der Waals surface area contributed by atoms with Gasteiger partial charge in [-0.15, -0.1) is 0 Å². The molecule has 0 atom stereocenters. The second kappa shape index (κ2) is 5.03. The fraction of sp³-hybridized carbons (Fsp3) is 0.357.